The Balaban J connectivity index is 1.85. The molecule has 0 unspecified atom stereocenters. The maximum absolute atomic E-state index is 12.0. The number of ether oxygens (including phenoxy) is 1. The van der Waals surface area contributed by atoms with E-state index in [2.05, 4.69) is 10.1 Å². The first-order chi connectivity index (χ1) is 7.90. The monoisotopic (exact) mass is 248 g/mol. The van der Waals surface area contributed by atoms with Crippen LogP contribution in [0.2, 0.25) is 0 Å². The van der Waals surface area contributed by atoms with Gasteiger partial charge in [0.25, 0.3) is 0 Å². The molecule has 0 radical (unpaired) electrons. The number of alkyl halides is 2. The van der Waals surface area contributed by atoms with Crippen LogP contribution in [0.1, 0.15) is 19.8 Å². The summed E-state index contributed by atoms with van der Waals surface area (Å²) < 4.78 is 28.0. The second kappa shape index (κ2) is 4.21. The third kappa shape index (κ3) is 2.38. The second-order valence-corrected chi connectivity index (χ2v) is 4.61. The molecule has 2 saturated heterocycles. The van der Waals surface area contributed by atoms with Crippen molar-refractivity contribution in [2.45, 2.75) is 38.0 Å². The molecule has 0 aliphatic carbocycles. The minimum absolute atomic E-state index is 0.151. The fraction of sp³-hybridized carbons (Fsp3) is 0.800. The Morgan fingerprint density at radius 2 is 2.24 bits per heavy atom. The largest absolute Gasteiger partial charge is 0.345 e. The third-order valence-electron chi connectivity index (χ3n) is 3.17. The Morgan fingerprint density at radius 3 is 2.71 bits per heavy atom. The molecule has 1 atom stereocenters. The van der Waals surface area contributed by atoms with Gasteiger partial charge in [-0.25, -0.2) is 0 Å². The van der Waals surface area contributed by atoms with Crippen LogP contribution in [0, 0.1) is 0 Å². The third-order valence-corrected chi connectivity index (χ3v) is 3.17. The molecule has 0 aromatic carbocycles. The van der Waals surface area contributed by atoms with Crippen molar-refractivity contribution in [1.82, 2.24) is 10.2 Å². The van der Waals surface area contributed by atoms with Crippen molar-refractivity contribution >= 4 is 11.8 Å². The maximum atomic E-state index is 12.0. The van der Waals surface area contributed by atoms with E-state index in [0.29, 0.717) is 12.8 Å². The number of halogens is 2. The van der Waals surface area contributed by atoms with Gasteiger partial charge in [-0.2, -0.15) is 8.78 Å². The lowest BCUT2D eigenvalue weighted by Crippen LogP contribution is -2.63. The second-order valence-electron chi connectivity index (χ2n) is 4.61. The summed E-state index contributed by atoms with van der Waals surface area (Å²) in [4.78, 5) is 24.5. The summed E-state index contributed by atoms with van der Waals surface area (Å²) in [5.74, 6) is -0.376. The zero-order chi connectivity index (χ0) is 12.6. The first-order valence-electron chi connectivity index (χ1n) is 5.45. The molecular weight excluding hydrogens is 234 g/mol. The van der Waals surface area contributed by atoms with E-state index >= 15 is 0 Å². The molecule has 1 N–H and O–H groups in total. The van der Waals surface area contributed by atoms with Crippen molar-refractivity contribution in [3.05, 3.63) is 0 Å². The molecule has 0 spiro atoms. The SMILES string of the molecule is C[C@@]1(C(=O)N2CC(OC(F)F)C2)CCC(=O)N1. The number of amides is 2. The number of carbonyl (C=O) groups is 2. The first kappa shape index (κ1) is 12.2. The molecule has 2 heterocycles. The first-order valence-corrected chi connectivity index (χ1v) is 5.45. The summed E-state index contributed by atoms with van der Waals surface area (Å²) >= 11 is 0. The minimum atomic E-state index is -2.81. The zero-order valence-electron chi connectivity index (χ0n) is 9.41. The van der Waals surface area contributed by atoms with Gasteiger partial charge in [0.05, 0.1) is 6.10 Å². The highest BCUT2D eigenvalue weighted by Crippen LogP contribution is 2.25. The summed E-state index contributed by atoms with van der Waals surface area (Å²) in [6.45, 7) is -0.829. The van der Waals surface area contributed by atoms with Crippen LogP contribution in [0.5, 0.6) is 0 Å². The molecule has 17 heavy (non-hydrogen) atoms. The van der Waals surface area contributed by atoms with Crippen molar-refractivity contribution in [3.63, 3.8) is 0 Å². The Labute approximate surface area is 97.1 Å². The van der Waals surface area contributed by atoms with E-state index in [-0.39, 0.29) is 24.9 Å². The average molecular weight is 248 g/mol. The van der Waals surface area contributed by atoms with E-state index in [9.17, 15) is 18.4 Å². The molecule has 2 amide bonds. The topological polar surface area (TPSA) is 58.6 Å². The highest BCUT2D eigenvalue weighted by molar-refractivity contribution is 5.94. The van der Waals surface area contributed by atoms with Gasteiger partial charge < -0.3 is 15.0 Å². The zero-order valence-corrected chi connectivity index (χ0v) is 9.41. The number of rotatable bonds is 3. The maximum Gasteiger partial charge on any atom is 0.345 e. The molecule has 2 rings (SSSR count). The highest BCUT2D eigenvalue weighted by Gasteiger charge is 2.46. The van der Waals surface area contributed by atoms with Gasteiger partial charge in [-0.15, -0.1) is 0 Å². The smallest absolute Gasteiger partial charge is 0.342 e. The molecule has 2 aliphatic heterocycles. The van der Waals surface area contributed by atoms with E-state index in [4.69, 9.17) is 0 Å². The van der Waals surface area contributed by atoms with Gasteiger partial charge in [0.1, 0.15) is 5.54 Å². The Kier molecular flexibility index (Phi) is 3.03. The Bertz CT molecular complexity index is 344. The average Bonchev–Trinajstić information content (AvgIpc) is 2.52. The summed E-state index contributed by atoms with van der Waals surface area (Å²) in [7, 11) is 0. The molecule has 0 aromatic heterocycles. The summed E-state index contributed by atoms with van der Waals surface area (Å²) in [5.41, 5.74) is -0.882. The van der Waals surface area contributed by atoms with Gasteiger partial charge in [-0.05, 0) is 13.3 Å². The van der Waals surface area contributed by atoms with E-state index in [1.165, 1.54) is 4.90 Å². The number of nitrogens with zero attached hydrogens (tertiary/aromatic N) is 1. The van der Waals surface area contributed by atoms with Crippen LogP contribution >= 0.6 is 0 Å². The summed E-state index contributed by atoms with van der Waals surface area (Å²) in [6, 6.07) is 0. The fourth-order valence-corrected chi connectivity index (χ4v) is 2.14. The number of hydrogen-bond donors (Lipinski definition) is 1. The van der Waals surface area contributed by atoms with Crippen LogP contribution in [-0.2, 0) is 14.3 Å². The van der Waals surface area contributed by atoms with Gasteiger partial charge in [-0.1, -0.05) is 0 Å². The van der Waals surface area contributed by atoms with Gasteiger partial charge in [0.15, 0.2) is 0 Å². The van der Waals surface area contributed by atoms with Gasteiger partial charge in [0, 0.05) is 19.5 Å². The molecule has 5 nitrogen and oxygen atoms in total. The van der Waals surface area contributed by atoms with Crippen molar-refractivity contribution in [2.24, 2.45) is 0 Å². The van der Waals surface area contributed by atoms with Crippen LogP contribution in [-0.4, -0.2) is 48.1 Å². The normalized spacial score (nSPS) is 29.4. The quantitative estimate of drug-likeness (QED) is 0.771. The molecule has 2 aliphatic rings. The van der Waals surface area contributed by atoms with E-state index in [1.54, 1.807) is 6.92 Å². The van der Waals surface area contributed by atoms with Crippen molar-refractivity contribution in [3.8, 4) is 0 Å². The number of nitrogens with one attached hydrogen (secondary N) is 1. The number of likely N-dealkylation sites (tertiary alicyclic amines) is 1. The lowest BCUT2D eigenvalue weighted by molar-refractivity contribution is -0.200. The van der Waals surface area contributed by atoms with Crippen molar-refractivity contribution in [1.29, 1.82) is 0 Å². The number of hydrogen-bond acceptors (Lipinski definition) is 3. The molecule has 0 bridgehead atoms. The Hall–Kier alpha value is -1.24. The molecule has 7 heteroatoms. The van der Waals surface area contributed by atoms with Crippen LogP contribution < -0.4 is 5.32 Å². The highest BCUT2D eigenvalue weighted by atomic mass is 19.3. The Morgan fingerprint density at radius 1 is 1.59 bits per heavy atom. The molecular formula is C10H14F2N2O3. The van der Waals surface area contributed by atoms with E-state index in [1.807, 2.05) is 0 Å². The van der Waals surface area contributed by atoms with E-state index in [0.717, 1.165) is 0 Å². The van der Waals surface area contributed by atoms with Crippen LogP contribution in [0.4, 0.5) is 8.78 Å². The predicted molar refractivity (Wildman–Crippen MR) is 53.2 cm³/mol. The predicted octanol–water partition coefficient (Wildman–Crippen LogP) is 0.105. The summed E-state index contributed by atoms with van der Waals surface area (Å²) in [6.07, 6.45) is 0.175. The van der Waals surface area contributed by atoms with Crippen LogP contribution in [0.3, 0.4) is 0 Å². The van der Waals surface area contributed by atoms with Crippen molar-refractivity contribution < 1.29 is 23.1 Å². The molecule has 2 fully saturated rings. The van der Waals surface area contributed by atoms with Crippen LogP contribution in [0.25, 0.3) is 0 Å². The van der Waals surface area contributed by atoms with Gasteiger partial charge >= 0.3 is 6.61 Å². The molecule has 96 valence electrons. The lowest BCUT2D eigenvalue weighted by Gasteiger charge is -2.42. The summed E-state index contributed by atoms with van der Waals surface area (Å²) in [5, 5.41) is 2.62. The van der Waals surface area contributed by atoms with Crippen LogP contribution in [0.15, 0.2) is 0 Å². The minimum Gasteiger partial charge on any atom is -0.342 e. The van der Waals surface area contributed by atoms with Crippen molar-refractivity contribution in [2.75, 3.05) is 13.1 Å². The van der Waals surface area contributed by atoms with E-state index < -0.39 is 18.3 Å². The molecule has 0 saturated carbocycles. The standard InChI is InChI=1S/C10H14F2N2O3/c1-10(3-2-7(15)13-10)8(16)14-4-6(5-14)17-9(11)12/h6,9H,2-5H2,1H3,(H,13,15)/t10-/m0/s1. The fourth-order valence-electron chi connectivity index (χ4n) is 2.14. The van der Waals surface area contributed by atoms with Gasteiger partial charge in [0.2, 0.25) is 11.8 Å². The van der Waals surface area contributed by atoms with Gasteiger partial charge in [-0.3, -0.25) is 9.59 Å². The lowest BCUT2D eigenvalue weighted by atomic mass is 9.96. The number of carbonyl (C=O) groups excluding carboxylic acids is 2. The molecule has 0 aromatic rings.